The Morgan fingerprint density at radius 2 is 1.75 bits per heavy atom. The SMILES string of the molecule is N#Cc1nccnc1N1CCC(c2ccccc2)CC1. The quantitative estimate of drug-likeness (QED) is 0.837. The normalized spacial score (nSPS) is 15.8. The highest BCUT2D eigenvalue weighted by molar-refractivity contribution is 5.49. The van der Waals surface area contributed by atoms with Crippen molar-refractivity contribution >= 4 is 5.82 Å². The van der Waals surface area contributed by atoms with Crippen LogP contribution in [0.5, 0.6) is 0 Å². The summed E-state index contributed by atoms with van der Waals surface area (Å²) < 4.78 is 0. The van der Waals surface area contributed by atoms with Crippen molar-refractivity contribution in [2.45, 2.75) is 18.8 Å². The van der Waals surface area contributed by atoms with Crippen molar-refractivity contribution in [1.82, 2.24) is 9.97 Å². The molecule has 4 nitrogen and oxygen atoms in total. The van der Waals surface area contributed by atoms with Gasteiger partial charge in [0.05, 0.1) is 0 Å². The van der Waals surface area contributed by atoms with Crippen LogP contribution in [0.1, 0.15) is 30.0 Å². The van der Waals surface area contributed by atoms with Crippen LogP contribution in [0.25, 0.3) is 0 Å². The smallest absolute Gasteiger partial charge is 0.183 e. The molecule has 100 valence electrons. The largest absolute Gasteiger partial charge is 0.354 e. The van der Waals surface area contributed by atoms with Crippen molar-refractivity contribution in [3.8, 4) is 6.07 Å². The van der Waals surface area contributed by atoms with Gasteiger partial charge in [0.15, 0.2) is 11.5 Å². The summed E-state index contributed by atoms with van der Waals surface area (Å²) in [6, 6.07) is 12.8. The minimum atomic E-state index is 0.422. The summed E-state index contributed by atoms with van der Waals surface area (Å²) in [7, 11) is 0. The molecular formula is C16H16N4. The zero-order valence-corrected chi connectivity index (χ0v) is 11.2. The van der Waals surface area contributed by atoms with Crippen LogP contribution < -0.4 is 4.90 Å². The van der Waals surface area contributed by atoms with Gasteiger partial charge in [-0.1, -0.05) is 30.3 Å². The molecule has 4 heteroatoms. The van der Waals surface area contributed by atoms with Gasteiger partial charge in [-0.05, 0) is 24.3 Å². The molecule has 0 spiro atoms. The molecule has 1 saturated heterocycles. The van der Waals surface area contributed by atoms with Gasteiger partial charge in [0.1, 0.15) is 6.07 Å². The molecule has 1 aromatic carbocycles. The van der Waals surface area contributed by atoms with Crippen molar-refractivity contribution in [3.05, 3.63) is 54.0 Å². The maximum Gasteiger partial charge on any atom is 0.183 e. The Labute approximate surface area is 118 Å². The van der Waals surface area contributed by atoms with Gasteiger partial charge < -0.3 is 4.90 Å². The van der Waals surface area contributed by atoms with Crippen molar-refractivity contribution in [1.29, 1.82) is 5.26 Å². The Hall–Kier alpha value is -2.41. The van der Waals surface area contributed by atoms with E-state index in [-0.39, 0.29) is 0 Å². The monoisotopic (exact) mass is 264 g/mol. The molecule has 1 aromatic heterocycles. The molecule has 1 aliphatic rings. The molecule has 0 radical (unpaired) electrons. The zero-order chi connectivity index (χ0) is 13.8. The van der Waals surface area contributed by atoms with E-state index in [1.165, 1.54) is 5.56 Å². The number of anilines is 1. The highest BCUT2D eigenvalue weighted by atomic mass is 15.2. The van der Waals surface area contributed by atoms with Crippen LogP contribution in [0.3, 0.4) is 0 Å². The summed E-state index contributed by atoms with van der Waals surface area (Å²) in [6.45, 7) is 1.85. The van der Waals surface area contributed by atoms with Crippen molar-refractivity contribution < 1.29 is 0 Å². The first kappa shape index (κ1) is 12.6. The van der Waals surface area contributed by atoms with E-state index in [0.29, 0.717) is 11.6 Å². The number of nitrogens with zero attached hydrogens (tertiary/aromatic N) is 4. The fourth-order valence-corrected chi connectivity index (χ4v) is 2.79. The fourth-order valence-electron chi connectivity index (χ4n) is 2.79. The number of aromatic nitrogens is 2. The van der Waals surface area contributed by atoms with E-state index < -0.39 is 0 Å². The lowest BCUT2D eigenvalue weighted by molar-refractivity contribution is 0.502. The zero-order valence-electron chi connectivity index (χ0n) is 11.2. The lowest BCUT2D eigenvalue weighted by Gasteiger charge is -2.33. The third-order valence-electron chi connectivity index (χ3n) is 3.85. The Bertz CT molecular complexity index is 610. The first-order chi connectivity index (χ1) is 9.88. The van der Waals surface area contributed by atoms with E-state index >= 15 is 0 Å². The first-order valence-corrected chi connectivity index (χ1v) is 6.89. The summed E-state index contributed by atoms with van der Waals surface area (Å²) in [5, 5.41) is 9.10. The van der Waals surface area contributed by atoms with E-state index in [1.54, 1.807) is 12.4 Å². The van der Waals surface area contributed by atoms with Crippen LogP contribution in [0.15, 0.2) is 42.7 Å². The van der Waals surface area contributed by atoms with Crippen LogP contribution in [0.4, 0.5) is 5.82 Å². The van der Waals surface area contributed by atoms with E-state index in [4.69, 9.17) is 5.26 Å². The molecular weight excluding hydrogens is 248 g/mol. The average molecular weight is 264 g/mol. The summed E-state index contributed by atoms with van der Waals surface area (Å²) in [5.74, 6) is 1.33. The predicted octanol–water partition coefficient (Wildman–Crippen LogP) is 2.73. The summed E-state index contributed by atoms with van der Waals surface area (Å²) in [4.78, 5) is 10.6. The van der Waals surface area contributed by atoms with Gasteiger partial charge in [0.2, 0.25) is 0 Å². The molecule has 1 aliphatic heterocycles. The number of benzene rings is 1. The molecule has 1 fully saturated rings. The van der Waals surface area contributed by atoms with Crippen LogP contribution >= 0.6 is 0 Å². The Balaban J connectivity index is 1.72. The topological polar surface area (TPSA) is 52.8 Å². The van der Waals surface area contributed by atoms with E-state index in [1.807, 2.05) is 0 Å². The first-order valence-electron chi connectivity index (χ1n) is 6.89. The highest BCUT2D eigenvalue weighted by Gasteiger charge is 2.23. The molecule has 0 amide bonds. The number of hydrogen-bond acceptors (Lipinski definition) is 4. The van der Waals surface area contributed by atoms with Crippen LogP contribution in [-0.2, 0) is 0 Å². The molecule has 0 aliphatic carbocycles. The second kappa shape index (κ2) is 5.70. The highest BCUT2D eigenvalue weighted by Crippen LogP contribution is 2.30. The van der Waals surface area contributed by atoms with Gasteiger partial charge >= 0.3 is 0 Å². The van der Waals surface area contributed by atoms with E-state index in [0.717, 1.165) is 31.7 Å². The number of rotatable bonds is 2. The summed E-state index contributed by atoms with van der Waals surface area (Å²) in [6.07, 6.45) is 5.40. The van der Waals surface area contributed by atoms with Gasteiger partial charge in [-0.25, -0.2) is 9.97 Å². The van der Waals surface area contributed by atoms with Crippen molar-refractivity contribution in [2.24, 2.45) is 0 Å². The molecule has 0 saturated carbocycles. The standard InChI is InChI=1S/C16H16N4/c17-12-15-16(19-9-8-18-15)20-10-6-14(7-11-20)13-4-2-1-3-5-13/h1-5,8-9,14H,6-7,10-11H2. The predicted molar refractivity (Wildman–Crippen MR) is 77.4 cm³/mol. The van der Waals surface area contributed by atoms with Gasteiger partial charge in [0, 0.05) is 25.5 Å². The number of nitriles is 1. The molecule has 0 atom stereocenters. The molecule has 2 aromatic rings. The molecule has 3 rings (SSSR count). The summed E-state index contributed by atoms with van der Waals surface area (Å²) in [5.41, 5.74) is 1.83. The van der Waals surface area contributed by atoms with Gasteiger partial charge in [-0.2, -0.15) is 5.26 Å². The maximum atomic E-state index is 9.10. The fraction of sp³-hybridized carbons (Fsp3) is 0.312. The van der Waals surface area contributed by atoms with Crippen molar-refractivity contribution in [3.63, 3.8) is 0 Å². The summed E-state index contributed by atoms with van der Waals surface area (Å²) >= 11 is 0. The Kier molecular flexibility index (Phi) is 3.60. The van der Waals surface area contributed by atoms with E-state index in [9.17, 15) is 0 Å². The average Bonchev–Trinajstić information content (AvgIpc) is 2.56. The second-order valence-corrected chi connectivity index (χ2v) is 5.01. The maximum absolute atomic E-state index is 9.10. The number of piperidine rings is 1. The third-order valence-corrected chi connectivity index (χ3v) is 3.85. The molecule has 0 N–H and O–H groups in total. The number of hydrogen-bond donors (Lipinski definition) is 0. The minimum Gasteiger partial charge on any atom is -0.354 e. The Morgan fingerprint density at radius 3 is 2.45 bits per heavy atom. The minimum absolute atomic E-state index is 0.422. The second-order valence-electron chi connectivity index (χ2n) is 5.01. The van der Waals surface area contributed by atoms with Gasteiger partial charge in [0.25, 0.3) is 0 Å². The molecule has 0 bridgehead atoms. The third kappa shape index (κ3) is 2.48. The van der Waals surface area contributed by atoms with Gasteiger partial charge in [-0.3, -0.25) is 0 Å². The molecule has 20 heavy (non-hydrogen) atoms. The lowest BCUT2D eigenvalue weighted by Crippen LogP contribution is -2.34. The molecule has 0 unspecified atom stereocenters. The Morgan fingerprint density at radius 1 is 1.05 bits per heavy atom. The van der Waals surface area contributed by atoms with Gasteiger partial charge in [-0.15, -0.1) is 0 Å². The van der Waals surface area contributed by atoms with Crippen LogP contribution in [0, 0.1) is 11.3 Å². The molecule has 2 heterocycles. The lowest BCUT2D eigenvalue weighted by atomic mass is 9.89. The van der Waals surface area contributed by atoms with Crippen LogP contribution in [0.2, 0.25) is 0 Å². The van der Waals surface area contributed by atoms with E-state index in [2.05, 4.69) is 51.3 Å². The van der Waals surface area contributed by atoms with Crippen LogP contribution in [-0.4, -0.2) is 23.1 Å². The van der Waals surface area contributed by atoms with Crippen molar-refractivity contribution in [2.75, 3.05) is 18.0 Å².